The predicted molar refractivity (Wildman–Crippen MR) is 519 cm³/mol. The van der Waals surface area contributed by atoms with E-state index in [-0.39, 0.29) is 227 Å². The van der Waals surface area contributed by atoms with Gasteiger partial charge in [-0.3, -0.25) is 43.2 Å². The summed E-state index contributed by atoms with van der Waals surface area (Å²) in [7, 11) is 0. The Morgan fingerprint density at radius 3 is 0.833 bits per heavy atom. The number of aliphatic hydroxyl groups is 1. The fourth-order valence-corrected chi connectivity index (χ4v) is 18.3. The number of aliphatic hydroxyl groups excluding tert-OH is 1. The van der Waals surface area contributed by atoms with Crippen LogP contribution in [0, 0.1) is 0 Å². The van der Waals surface area contributed by atoms with E-state index in [0.717, 1.165) is 0 Å². The summed E-state index contributed by atoms with van der Waals surface area (Å²) in [5, 5.41) is 39.2. The zero-order valence-electron chi connectivity index (χ0n) is 85.7. The summed E-state index contributed by atoms with van der Waals surface area (Å²) in [5.41, 5.74) is 0.290. The maximum atomic E-state index is 13.5. The highest BCUT2D eigenvalue weighted by atomic mass is 79.9. The molecule has 0 fully saturated rings. The van der Waals surface area contributed by atoms with Gasteiger partial charge in [-0.1, -0.05) is 120 Å². The first-order chi connectivity index (χ1) is 67.9. The number of aryl methyl sites for hydroxylation is 2. The molecule has 33 heteroatoms. The van der Waals surface area contributed by atoms with Crippen LogP contribution in [-0.4, -0.2) is 72.5 Å². The van der Waals surface area contributed by atoms with Gasteiger partial charge in [0.05, 0.1) is 105 Å². The highest BCUT2D eigenvalue weighted by Gasteiger charge is 2.32. The maximum absolute atomic E-state index is 13.5. The molecule has 0 aliphatic carbocycles. The third kappa shape index (κ3) is 23.3. The Labute approximate surface area is 845 Å². The number of hydrogen-bond donors (Lipinski definition) is 4. The van der Waals surface area contributed by atoms with Crippen LogP contribution in [0.2, 0.25) is 0 Å². The largest absolute Gasteiger partial charge is 0.506 e. The molecule has 5 heterocycles. The number of carbonyl (C=O) groups excluding carboxylic acids is 9. The molecular weight excluding hydrogens is 2370 g/mol. The lowest BCUT2D eigenvalue weighted by molar-refractivity contribution is -0.146. The standard InChI is InChI=1S/C19H13Br3O4.C19H14Br2O5.C19H14Br2O4.C17H12Br2O4.C17H12Br2O3.C2H3ClO/c1-9(20)18-16(12-5-3-4-6-15(12)26-18)17(24)11-7-13(21)19(14(22)8-11)25-10(2)23;1-9(25-10(2)22)19-16(12-5-3-4-6-15(12)26-19)17(23)11-7-13(20)18(24)14(21)8-11;1-3-15-17(12-6-4-5-7-16(12)25-15)18(23)11-8-13(20)19(14(21)9-11)24-10(2)22;1-8(20)17-14(10-4-2-3-5-13(10)23-17)15(21)9-6-11(18)16(22)12(19)7-9;1-2-13-15(10-5-3-4-6-14(10)22-13)16(20)9-7-11(18)17(21)12(19)8-9;1-2(3)4/h3-9H,1-2H3;3-9,24H,1-2H3;4-9H,3H2,1-2H3;2-8,20,22H,1H3;3-8,21H,2H2,1H3;1H3/i2*3D,4D,5D,6D;4D,5D,6D,7D;2D,3D,4D,5D;3D,4D,5D,6D;. The minimum absolute atomic E-state index is 0.0172. The van der Waals surface area contributed by atoms with Gasteiger partial charge in [-0.15, -0.1) is 0 Å². The van der Waals surface area contributed by atoms with Gasteiger partial charge in [-0.2, -0.15) is 0 Å². The SMILES string of the molecule is CC(=O)Cl.[2H]c1c([2H])c([2H])c2c(C(=O)c3cc(Br)c(O)c(Br)c3)c(C(C)O)oc2c1[2H].[2H]c1c([2H])c([2H])c2c(C(=O)c3cc(Br)c(O)c(Br)c3)c(C(C)OC(C)=O)oc2c1[2H].[2H]c1c([2H])c([2H])c2c(C(=O)c3cc(Br)c(O)c(Br)c3)c(CC)oc2c1[2H].[2H]c1c([2H])c([2H])c2c(C(=O)c3cc(Br)c(OC(C)=O)c(Br)c3)c(C(C)Br)oc2c1[2H].[2H]c1c([2H])c([2H])c2c(C(=O)c3cc(Br)c(OC(C)=O)c(Br)c3)c(CC)oc2c1[2H]. The van der Waals surface area contributed by atoms with Gasteiger partial charge in [0.25, 0.3) is 0 Å². The Morgan fingerprint density at radius 1 is 0.357 bits per heavy atom. The van der Waals surface area contributed by atoms with Gasteiger partial charge in [0.1, 0.15) is 74.3 Å². The van der Waals surface area contributed by atoms with Crippen LogP contribution in [0.25, 0.3) is 54.8 Å². The highest BCUT2D eigenvalue weighted by Crippen LogP contribution is 2.45. The number of para-hydroxylation sites is 5. The minimum atomic E-state index is -1.22. The quantitative estimate of drug-likeness (QED) is 0.0204. The molecule has 3 unspecified atom stereocenters. The number of furan rings is 5. The molecular formula is C93H68Br11ClO21. The second-order valence-electron chi connectivity index (χ2n) is 25.8. The molecule has 5 aromatic heterocycles. The van der Waals surface area contributed by atoms with E-state index >= 15 is 0 Å². The number of fused-ring (bicyclic) bond motifs is 5. The van der Waals surface area contributed by atoms with Gasteiger partial charge >= 0.3 is 17.9 Å². The molecule has 10 aromatic carbocycles. The third-order valence-corrected chi connectivity index (χ3v) is 23.4. The number of hydrogen-bond acceptors (Lipinski definition) is 21. The fourth-order valence-electron chi connectivity index (χ4n) is 11.7. The number of aromatic hydroxyl groups is 3. The number of carbonyl (C=O) groups is 9. The molecule has 0 radical (unpaired) electrons. The number of phenols is 3. The molecule has 15 rings (SSSR count). The average Bonchev–Trinajstić information content (AvgIpc) is 1.62. The van der Waals surface area contributed by atoms with Gasteiger partial charge in [-0.05, 0) is 283 Å². The zero-order chi connectivity index (χ0) is 110. The number of ketones is 5. The maximum Gasteiger partial charge on any atom is 0.308 e. The summed E-state index contributed by atoms with van der Waals surface area (Å²) in [6.07, 6.45) is -1.58. The molecule has 0 saturated carbocycles. The van der Waals surface area contributed by atoms with Crippen molar-refractivity contribution in [2.75, 3.05) is 0 Å². The average molecular weight is 2460 g/mol. The van der Waals surface area contributed by atoms with Gasteiger partial charge < -0.3 is 56.7 Å². The fraction of sp³-hybridized carbons (Fsp3) is 0.151. The van der Waals surface area contributed by atoms with Crippen LogP contribution < -0.4 is 9.47 Å². The molecule has 0 spiro atoms. The lowest BCUT2D eigenvalue weighted by Gasteiger charge is -2.11. The van der Waals surface area contributed by atoms with E-state index in [9.17, 15) is 63.6 Å². The van der Waals surface area contributed by atoms with Crippen molar-refractivity contribution in [1.29, 1.82) is 0 Å². The number of alkyl halides is 1. The highest BCUT2D eigenvalue weighted by molar-refractivity contribution is 9.12. The number of phenolic OH excluding ortho intramolecular Hbond substituents is 3. The molecule has 0 saturated heterocycles. The summed E-state index contributed by atoms with van der Waals surface area (Å²) in [4.78, 5) is 109. The summed E-state index contributed by atoms with van der Waals surface area (Å²) in [5.74, 6) is -3.65. The lowest BCUT2D eigenvalue weighted by Crippen LogP contribution is -2.10. The Hall–Kier alpha value is -8.74. The molecule has 126 heavy (non-hydrogen) atoms. The number of rotatable bonds is 18. The summed E-state index contributed by atoms with van der Waals surface area (Å²) < 4.78 is 207. The third-order valence-electron chi connectivity index (χ3n) is 17.0. The molecule has 3 atom stereocenters. The van der Waals surface area contributed by atoms with E-state index in [1.807, 2.05) is 0 Å². The Bertz CT molecular complexity index is 7940. The van der Waals surface area contributed by atoms with Gasteiger partial charge in [0, 0.05) is 95.3 Å². The number of ether oxygens (including phenoxy) is 3. The van der Waals surface area contributed by atoms with E-state index in [2.05, 4.69) is 187 Å². The first kappa shape index (κ1) is 74.1. The summed E-state index contributed by atoms with van der Waals surface area (Å²) >= 11 is 40.1. The molecule has 21 nitrogen and oxygen atoms in total. The van der Waals surface area contributed by atoms with E-state index in [1.165, 1.54) is 102 Å². The van der Waals surface area contributed by atoms with Gasteiger partial charge in [-0.25, -0.2) is 0 Å². The molecule has 15 aromatic rings. The smallest absolute Gasteiger partial charge is 0.308 e. The van der Waals surface area contributed by atoms with Crippen molar-refractivity contribution in [3.05, 3.63) is 311 Å². The van der Waals surface area contributed by atoms with E-state index in [4.69, 9.17) is 63.7 Å². The predicted octanol–water partition coefficient (Wildman–Crippen LogP) is 28.9. The van der Waals surface area contributed by atoms with Crippen LogP contribution in [-0.2, 0) is 36.8 Å². The van der Waals surface area contributed by atoms with Crippen LogP contribution in [0.4, 0.5) is 0 Å². The van der Waals surface area contributed by atoms with Gasteiger partial charge in [0.2, 0.25) is 5.24 Å². The number of benzene rings is 10. The molecule has 650 valence electrons. The van der Waals surface area contributed by atoms with Crippen LogP contribution >= 0.6 is 187 Å². The Balaban J connectivity index is 0.000000185. The number of halogens is 12. The summed E-state index contributed by atoms with van der Waals surface area (Å²) in [6.45, 7) is 13.1. The van der Waals surface area contributed by atoms with Crippen LogP contribution in [0.15, 0.2) is 248 Å². The molecule has 0 aliphatic rings. The van der Waals surface area contributed by atoms with Crippen LogP contribution in [0.5, 0.6) is 28.7 Å². The van der Waals surface area contributed by atoms with Crippen molar-refractivity contribution in [3.8, 4) is 28.7 Å². The van der Waals surface area contributed by atoms with Crippen molar-refractivity contribution in [2.45, 2.75) is 92.2 Å². The van der Waals surface area contributed by atoms with Crippen molar-refractivity contribution >= 4 is 294 Å². The van der Waals surface area contributed by atoms with Crippen LogP contribution in [0.3, 0.4) is 0 Å². The number of esters is 3. The van der Waals surface area contributed by atoms with Crippen molar-refractivity contribution < 1.29 is 127 Å². The Morgan fingerprint density at radius 2 is 0.579 bits per heavy atom. The Kier molecular flexibility index (Phi) is 25.9. The second kappa shape index (κ2) is 44.0. The topological polar surface area (TPSA) is 328 Å². The van der Waals surface area contributed by atoms with E-state index < -0.39 is 148 Å². The lowest BCUT2D eigenvalue weighted by atomic mass is 9.98. The normalized spacial score (nSPS) is 13.8. The van der Waals surface area contributed by atoms with Crippen molar-refractivity contribution in [2.24, 2.45) is 0 Å². The zero-order valence-corrected chi connectivity index (χ0v) is 83.9. The monoisotopic (exact) mass is 2440 g/mol. The molecule has 0 amide bonds. The molecule has 0 aliphatic heterocycles. The van der Waals surface area contributed by atoms with E-state index in [0.29, 0.717) is 39.7 Å². The molecule has 0 bridgehead atoms. The second-order valence-corrected chi connectivity index (χ2v) is 36.3. The molecule has 4 N–H and O–H groups in total. The first-order valence-corrected chi connectivity index (χ1v) is 45.1. The van der Waals surface area contributed by atoms with Crippen LogP contribution in [0.1, 0.15) is 215 Å². The first-order valence-electron chi connectivity index (χ1n) is 45.9. The summed E-state index contributed by atoms with van der Waals surface area (Å²) in [6, 6.07) is 5.91. The van der Waals surface area contributed by atoms with Crippen molar-refractivity contribution in [3.63, 3.8) is 0 Å². The minimum Gasteiger partial charge on any atom is -0.506 e. The van der Waals surface area contributed by atoms with Gasteiger partial charge in [0.15, 0.2) is 52.3 Å². The van der Waals surface area contributed by atoms with E-state index in [1.54, 1.807) is 20.8 Å². The van der Waals surface area contributed by atoms with Crippen molar-refractivity contribution in [1.82, 2.24) is 0 Å².